The first-order valence-corrected chi connectivity index (χ1v) is 6.64. The van der Waals surface area contributed by atoms with E-state index >= 15 is 0 Å². The van der Waals surface area contributed by atoms with E-state index in [9.17, 15) is 9.90 Å². The number of nitriles is 1. The van der Waals surface area contributed by atoms with Gasteiger partial charge in [0.2, 0.25) is 5.88 Å². The van der Waals surface area contributed by atoms with Crippen molar-refractivity contribution >= 4 is 5.70 Å². The largest absolute Gasteiger partial charge is 0.493 e. The summed E-state index contributed by atoms with van der Waals surface area (Å²) in [6.45, 7) is 3.74. The summed E-state index contributed by atoms with van der Waals surface area (Å²) in [6.07, 6.45) is 3.05. The molecule has 1 N–H and O–H groups in total. The van der Waals surface area contributed by atoms with E-state index in [-0.39, 0.29) is 5.88 Å². The molecule has 0 spiro atoms. The number of ether oxygens (including phenoxy) is 1. The molecule has 0 unspecified atom stereocenters. The van der Waals surface area contributed by atoms with E-state index in [0.29, 0.717) is 22.6 Å². The summed E-state index contributed by atoms with van der Waals surface area (Å²) in [7, 11) is 0. The Balaban J connectivity index is 2.27. The quantitative estimate of drug-likeness (QED) is 0.867. The maximum atomic E-state index is 12.1. The summed E-state index contributed by atoms with van der Waals surface area (Å²) >= 11 is 0. The molecule has 1 aliphatic heterocycles. The van der Waals surface area contributed by atoms with Crippen molar-refractivity contribution in [2.45, 2.75) is 19.4 Å². The Hall–Kier alpha value is -3.07. The molecular weight excluding hydrogens is 282 g/mol. The van der Waals surface area contributed by atoms with Crippen LogP contribution in [0.25, 0.3) is 5.70 Å². The van der Waals surface area contributed by atoms with Crippen molar-refractivity contribution in [3.05, 3.63) is 58.1 Å². The number of benzene rings is 1. The minimum atomic E-state index is -0.617. The van der Waals surface area contributed by atoms with Crippen LogP contribution in [-0.2, 0) is 0 Å². The number of hydrogen-bond acceptors (Lipinski definition) is 5. The smallest absolute Gasteiger partial charge is 0.261 e. The van der Waals surface area contributed by atoms with Crippen molar-refractivity contribution in [2.24, 2.45) is 0 Å². The van der Waals surface area contributed by atoms with Gasteiger partial charge in [0.25, 0.3) is 5.56 Å². The van der Waals surface area contributed by atoms with Crippen LogP contribution in [0.2, 0.25) is 0 Å². The zero-order chi connectivity index (χ0) is 15.9. The van der Waals surface area contributed by atoms with Gasteiger partial charge in [-0.05, 0) is 38.1 Å². The molecule has 0 saturated heterocycles. The van der Waals surface area contributed by atoms with E-state index in [1.165, 1.54) is 10.9 Å². The molecular formula is C16H13N3O3. The van der Waals surface area contributed by atoms with Gasteiger partial charge >= 0.3 is 0 Å². The summed E-state index contributed by atoms with van der Waals surface area (Å²) in [5, 5.41) is 18.4. The van der Waals surface area contributed by atoms with Crippen LogP contribution in [0.4, 0.5) is 0 Å². The van der Waals surface area contributed by atoms with Crippen molar-refractivity contribution in [3.8, 4) is 17.7 Å². The topological polar surface area (TPSA) is 88.1 Å². The Bertz CT molecular complexity index is 888. The minimum absolute atomic E-state index is 0.334. The predicted octanol–water partition coefficient (Wildman–Crippen LogP) is 1.88. The van der Waals surface area contributed by atoms with Gasteiger partial charge in [-0.2, -0.15) is 5.26 Å². The highest BCUT2D eigenvalue weighted by atomic mass is 16.5. The molecule has 0 atom stereocenters. The maximum Gasteiger partial charge on any atom is 0.261 e. The first kappa shape index (κ1) is 13.9. The molecule has 0 aliphatic carbocycles. The summed E-state index contributed by atoms with van der Waals surface area (Å²) in [6, 6.07) is 8.14. The average Bonchev–Trinajstić information content (AvgIpc) is 2.45. The molecule has 0 amide bonds. The van der Waals surface area contributed by atoms with Crippen molar-refractivity contribution in [1.82, 2.24) is 9.55 Å². The van der Waals surface area contributed by atoms with Crippen LogP contribution in [0.15, 0.2) is 41.5 Å². The van der Waals surface area contributed by atoms with Gasteiger partial charge in [-0.3, -0.25) is 9.36 Å². The normalized spacial score (nSPS) is 15.2. The maximum absolute atomic E-state index is 12.1. The molecule has 0 saturated carbocycles. The molecule has 2 heterocycles. The van der Waals surface area contributed by atoms with E-state index in [1.54, 1.807) is 24.3 Å². The molecule has 0 fully saturated rings. The Morgan fingerprint density at radius 1 is 1.36 bits per heavy atom. The first-order valence-electron chi connectivity index (χ1n) is 6.64. The lowest BCUT2D eigenvalue weighted by atomic mass is 9.97. The third-order valence-corrected chi connectivity index (χ3v) is 3.30. The van der Waals surface area contributed by atoms with E-state index < -0.39 is 11.2 Å². The van der Waals surface area contributed by atoms with Crippen LogP contribution in [0.3, 0.4) is 0 Å². The number of hydrogen-bond donors (Lipinski definition) is 1. The van der Waals surface area contributed by atoms with Gasteiger partial charge in [-0.15, -0.1) is 0 Å². The number of rotatable bonds is 1. The molecule has 22 heavy (non-hydrogen) atoms. The van der Waals surface area contributed by atoms with E-state index in [0.717, 1.165) is 6.07 Å². The molecule has 6 nitrogen and oxygen atoms in total. The highest BCUT2D eigenvalue weighted by Gasteiger charge is 2.28. The molecule has 0 radical (unpaired) electrons. The van der Waals surface area contributed by atoms with Gasteiger partial charge in [0.1, 0.15) is 17.7 Å². The predicted molar refractivity (Wildman–Crippen MR) is 79.4 cm³/mol. The Kier molecular flexibility index (Phi) is 2.99. The molecule has 110 valence electrons. The van der Waals surface area contributed by atoms with Gasteiger partial charge in [-0.25, -0.2) is 4.98 Å². The summed E-state index contributed by atoms with van der Waals surface area (Å²) in [5.41, 5.74) is 0.639. The third-order valence-electron chi connectivity index (χ3n) is 3.30. The Morgan fingerprint density at radius 3 is 2.82 bits per heavy atom. The number of nitrogens with zero attached hydrogens (tertiary/aromatic N) is 3. The SMILES string of the molecule is CC1(C)C=C(n2cnc(O)cc2=O)c2cc(C#N)ccc2O1. The molecule has 0 bridgehead atoms. The number of aromatic nitrogens is 2. The standard InChI is InChI=1S/C16H13N3O3/c1-16(2)7-12(19-9-18-14(20)6-15(19)21)11-5-10(8-17)3-4-13(11)22-16/h3-7,9,20H,1-2H3. The van der Waals surface area contributed by atoms with Crippen LogP contribution in [0.1, 0.15) is 25.0 Å². The number of fused-ring (bicyclic) bond motifs is 1. The van der Waals surface area contributed by atoms with Gasteiger partial charge in [0, 0.05) is 5.56 Å². The third kappa shape index (κ3) is 2.33. The second kappa shape index (κ2) is 4.74. The zero-order valence-corrected chi connectivity index (χ0v) is 12.1. The minimum Gasteiger partial charge on any atom is -0.493 e. The fourth-order valence-corrected chi connectivity index (χ4v) is 2.38. The lowest BCUT2D eigenvalue weighted by Gasteiger charge is -2.31. The molecule has 1 aromatic heterocycles. The van der Waals surface area contributed by atoms with E-state index in [4.69, 9.17) is 10.00 Å². The first-order chi connectivity index (χ1) is 10.4. The van der Waals surface area contributed by atoms with Crippen molar-refractivity contribution in [1.29, 1.82) is 5.26 Å². The highest BCUT2D eigenvalue weighted by molar-refractivity contribution is 5.74. The van der Waals surface area contributed by atoms with Gasteiger partial charge < -0.3 is 9.84 Å². The second-order valence-electron chi connectivity index (χ2n) is 5.51. The van der Waals surface area contributed by atoms with Gasteiger partial charge in [-0.1, -0.05) is 0 Å². The van der Waals surface area contributed by atoms with Gasteiger partial charge in [0.15, 0.2) is 0 Å². The molecule has 1 aliphatic rings. The van der Waals surface area contributed by atoms with Crippen molar-refractivity contribution in [3.63, 3.8) is 0 Å². The van der Waals surface area contributed by atoms with Crippen molar-refractivity contribution in [2.75, 3.05) is 0 Å². The monoisotopic (exact) mass is 295 g/mol. The number of aromatic hydroxyl groups is 1. The van der Waals surface area contributed by atoms with Crippen LogP contribution in [0.5, 0.6) is 11.6 Å². The fraction of sp³-hybridized carbons (Fsp3) is 0.188. The second-order valence-corrected chi connectivity index (χ2v) is 5.51. The van der Waals surface area contributed by atoms with Gasteiger partial charge in [0.05, 0.1) is 23.4 Å². The molecule has 1 aromatic carbocycles. The lowest BCUT2D eigenvalue weighted by Crippen LogP contribution is -2.32. The van der Waals surface area contributed by atoms with Crippen LogP contribution in [-0.4, -0.2) is 20.3 Å². The fourth-order valence-electron chi connectivity index (χ4n) is 2.38. The van der Waals surface area contributed by atoms with E-state index in [1.807, 2.05) is 13.8 Å². The van der Waals surface area contributed by atoms with Crippen LogP contribution in [0, 0.1) is 11.3 Å². The Morgan fingerprint density at radius 2 is 2.14 bits per heavy atom. The summed E-state index contributed by atoms with van der Waals surface area (Å²) < 4.78 is 7.19. The van der Waals surface area contributed by atoms with Crippen LogP contribution < -0.4 is 10.3 Å². The summed E-state index contributed by atoms with van der Waals surface area (Å²) in [5.74, 6) is 0.251. The van der Waals surface area contributed by atoms with Crippen molar-refractivity contribution < 1.29 is 9.84 Å². The highest BCUT2D eigenvalue weighted by Crippen LogP contribution is 2.36. The lowest BCUT2D eigenvalue weighted by molar-refractivity contribution is 0.157. The van der Waals surface area contributed by atoms with E-state index in [2.05, 4.69) is 11.1 Å². The molecule has 2 aromatic rings. The summed E-state index contributed by atoms with van der Waals surface area (Å²) in [4.78, 5) is 15.9. The average molecular weight is 295 g/mol. The molecule has 6 heteroatoms. The molecule has 3 rings (SSSR count). The van der Waals surface area contributed by atoms with Crippen LogP contribution >= 0.6 is 0 Å². The zero-order valence-electron chi connectivity index (χ0n) is 12.1. The Labute approximate surface area is 126 Å².